The quantitative estimate of drug-likeness (QED) is 0.825. The van der Waals surface area contributed by atoms with Gasteiger partial charge in [0.05, 0.1) is 28.6 Å². The third kappa shape index (κ3) is 1.64. The average molecular weight is 226 g/mol. The standard InChI is InChI=1S/C9H12ClN5/c1-14-7(3-4-12-14)8(11)9-6(10)5-13-15(9)2/h3-5,8H,11H2,1-2H3. The van der Waals surface area contributed by atoms with Gasteiger partial charge in [-0.1, -0.05) is 11.6 Å². The van der Waals surface area contributed by atoms with Crippen molar-refractivity contribution in [2.75, 3.05) is 0 Å². The van der Waals surface area contributed by atoms with Crippen molar-refractivity contribution < 1.29 is 0 Å². The van der Waals surface area contributed by atoms with Crippen molar-refractivity contribution in [3.05, 3.63) is 34.9 Å². The minimum atomic E-state index is -0.308. The summed E-state index contributed by atoms with van der Waals surface area (Å²) in [6.45, 7) is 0. The van der Waals surface area contributed by atoms with Gasteiger partial charge in [-0.2, -0.15) is 10.2 Å². The molecule has 6 heteroatoms. The van der Waals surface area contributed by atoms with Gasteiger partial charge in [-0.25, -0.2) is 0 Å². The van der Waals surface area contributed by atoms with E-state index in [1.807, 2.05) is 20.2 Å². The summed E-state index contributed by atoms with van der Waals surface area (Å²) in [4.78, 5) is 0. The van der Waals surface area contributed by atoms with Crippen molar-refractivity contribution in [1.29, 1.82) is 0 Å². The topological polar surface area (TPSA) is 61.7 Å². The molecule has 2 aromatic rings. The summed E-state index contributed by atoms with van der Waals surface area (Å²) in [5, 5.41) is 8.70. The molecule has 80 valence electrons. The van der Waals surface area contributed by atoms with Crippen molar-refractivity contribution in [1.82, 2.24) is 19.6 Å². The molecular formula is C9H12ClN5. The molecule has 0 bridgehead atoms. The molecule has 0 saturated carbocycles. The molecular weight excluding hydrogens is 214 g/mol. The molecule has 15 heavy (non-hydrogen) atoms. The van der Waals surface area contributed by atoms with Crippen LogP contribution >= 0.6 is 11.6 Å². The van der Waals surface area contributed by atoms with E-state index in [0.717, 1.165) is 11.4 Å². The zero-order chi connectivity index (χ0) is 11.0. The van der Waals surface area contributed by atoms with E-state index < -0.39 is 0 Å². The number of nitrogens with zero attached hydrogens (tertiary/aromatic N) is 4. The van der Waals surface area contributed by atoms with Crippen molar-refractivity contribution in [2.45, 2.75) is 6.04 Å². The van der Waals surface area contributed by atoms with Crippen molar-refractivity contribution >= 4 is 11.6 Å². The molecule has 2 heterocycles. The van der Waals surface area contributed by atoms with Gasteiger partial charge < -0.3 is 5.73 Å². The molecule has 0 saturated heterocycles. The van der Waals surface area contributed by atoms with E-state index in [9.17, 15) is 0 Å². The zero-order valence-electron chi connectivity index (χ0n) is 8.55. The summed E-state index contributed by atoms with van der Waals surface area (Å²) in [6, 6.07) is 1.56. The highest BCUT2D eigenvalue weighted by Crippen LogP contribution is 2.24. The highest BCUT2D eigenvalue weighted by Gasteiger charge is 2.19. The molecule has 2 N–H and O–H groups in total. The lowest BCUT2D eigenvalue weighted by molar-refractivity contribution is 0.621. The molecule has 0 aromatic carbocycles. The molecule has 5 nitrogen and oxygen atoms in total. The predicted octanol–water partition coefficient (Wildman–Crippen LogP) is 0.855. The Kier molecular flexibility index (Phi) is 2.50. The largest absolute Gasteiger partial charge is 0.318 e. The second kappa shape index (κ2) is 3.67. The van der Waals surface area contributed by atoms with Crippen LogP contribution in [0.1, 0.15) is 17.4 Å². The molecule has 0 aliphatic carbocycles. The summed E-state index contributed by atoms with van der Waals surface area (Å²) in [7, 11) is 3.66. The van der Waals surface area contributed by atoms with Crippen LogP contribution in [0.3, 0.4) is 0 Å². The Bertz CT molecular complexity index is 453. The third-order valence-corrected chi connectivity index (χ3v) is 2.70. The minimum Gasteiger partial charge on any atom is -0.318 e. The average Bonchev–Trinajstić information content (AvgIpc) is 2.73. The van der Waals surface area contributed by atoms with Gasteiger partial charge in [-0.15, -0.1) is 0 Å². The summed E-state index contributed by atoms with van der Waals surface area (Å²) in [6.07, 6.45) is 3.30. The molecule has 2 aromatic heterocycles. The molecule has 0 radical (unpaired) electrons. The smallest absolute Gasteiger partial charge is 0.0908 e. The highest BCUT2D eigenvalue weighted by molar-refractivity contribution is 6.31. The third-order valence-electron chi connectivity index (χ3n) is 2.41. The van der Waals surface area contributed by atoms with Crippen LogP contribution in [-0.2, 0) is 14.1 Å². The molecule has 0 spiro atoms. The summed E-state index contributed by atoms with van der Waals surface area (Å²) in [5.74, 6) is 0. The maximum absolute atomic E-state index is 6.10. The van der Waals surface area contributed by atoms with Crippen LogP contribution in [0, 0.1) is 0 Å². The molecule has 0 aliphatic rings. The number of halogens is 1. The molecule has 0 aliphatic heterocycles. The lowest BCUT2D eigenvalue weighted by atomic mass is 10.1. The number of nitrogens with two attached hydrogens (primary N) is 1. The lowest BCUT2D eigenvalue weighted by Gasteiger charge is -2.12. The molecule has 1 unspecified atom stereocenters. The van der Waals surface area contributed by atoms with Crippen LogP contribution in [0.5, 0.6) is 0 Å². The minimum absolute atomic E-state index is 0.308. The zero-order valence-corrected chi connectivity index (χ0v) is 9.31. The fraction of sp³-hybridized carbons (Fsp3) is 0.333. The van der Waals surface area contributed by atoms with Gasteiger partial charge in [0.2, 0.25) is 0 Å². The second-order valence-electron chi connectivity index (χ2n) is 3.36. The maximum atomic E-state index is 6.10. The van der Waals surface area contributed by atoms with E-state index in [1.165, 1.54) is 0 Å². The van der Waals surface area contributed by atoms with Crippen LogP contribution in [-0.4, -0.2) is 19.6 Å². The van der Waals surface area contributed by atoms with Crippen molar-refractivity contribution in [2.24, 2.45) is 19.8 Å². The molecule has 0 amide bonds. The van der Waals surface area contributed by atoms with Gasteiger partial charge in [-0.05, 0) is 6.07 Å². The summed E-state index contributed by atoms with van der Waals surface area (Å²) < 4.78 is 3.41. The first-order valence-electron chi connectivity index (χ1n) is 4.52. The van der Waals surface area contributed by atoms with Crippen molar-refractivity contribution in [3.63, 3.8) is 0 Å². The first-order valence-corrected chi connectivity index (χ1v) is 4.90. The SMILES string of the molecule is Cn1nccc1C(N)c1c(Cl)cnn1C. The summed E-state index contributed by atoms with van der Waals surface area (Å²) in [5.41, 5.74) is 7.80. The summed E-state index contributed by atoms with van der Waals surface area (Å²) >= 11 is 6.02. The number of hydrogen-bond donors (Lipinski definition) is 1. The fourth-order valence-electron chi connectivity index (χ4n) is 1.60. The van der Waals surface area contributed by atoms with Crippen LogP contribution in [0.15, 0.2) is 18.5 Å². The van der Waals surface area contributed by atoms with Gasteiger partial charge in [0.15, 0.2) is 0 Å². The van der Waals surface area contributed by atoms with Crippen LogP contribution in [0.4, 0.5) is 0 Å². The van der Waals surface area contributed by atoms with Crippen LogP contribution in [0.2, 0.25) is 5.02 Å². The number of rotatable bonds is 2. The monoisotopic (exact) mass is 225 g/mol. The second-order valence-corrected chi connectivity index (χ2v) is 3.77. The van der Waals surface area contributed by atoms with Gasteiger partial charge in [0, 0.05) is 20.3 Å². The van der Waals surface area contributed by atoms with E-state index in [2.05, 4.69) is 10.2 Å². The fourth-order valence-corrected chi connectivity index (χ4v) is 1.88. The van der Waals surface area contributed by atoms with E-state index in [4.69, 9.17) is 17.3 Å². The van der Waals surface area contributed by atoms with E-state index in [-0.39, 0.29) is 6.04 Å². The number of hydrogen-bond acceptors (Lipinski definition) is 3. The Morgan fingerprint density at radius 3 is 2.53 bits per heavy atom. The normalized spacial score (nSPS) is 13.1. The van der Waals surface area contributed by atoms with Gasteiger partial charge in [0.1, 0.15) is 0 Å². The van der Waals surface area contributed by atoms with Gasteiger partial charge in [-0.3, -0.25) is 9.36 Å². The van der Waals surface area contributed by atoms with Crippen LogP contribution < -0.4 is 5.73 Å². The van der Waals surface area contributed by atoms with Crippen molar-refractivity contribution in [3.8, 4) is 0 Å². The number of aryl methyl sites for hydroxylation is 2. The highest BCUT2D eigenvalue weighted by atomic mass is 35.5. The van der Waals surface area contributed by atoms with Crippen LogP contribution in [0.25, 0.3) is 0 Å². The van der Waals surface area contributed by atoms with Gasteiger partial charge >= 0.3 is 0 Å². The van der Waals surface area contributed by atoms with E-state index in [1.54, 1.807) is 21.8 Å². The molecule has 1 atom stereocenters. The predicted molar refractivity (Wildman–Crippen MR) is 57.5 cm³/mol. The Morgan fingerprint density at radius 2 is 2.07 bits per heavy atom. The maximum Gasteiger partial charge on any atom is 0.0908 e. The Morgan fingerprint density at radius 1 is 1.33 bits per heavy atom. The molecule has 0 fully saturated rings. The lowest BCUT2D eigenvalue weighted by Crippen LogP contribution is -2.19. The molecule has 2 rings (SSSR count). The first-order chi connectivity index (χ1) is 7.11. The van der Waals surface area contributed by atoms with E-state index >= 15 is 0 Å². The Balaban J connectivity index is 2.45. The van der Waals surface area contributed by atoms with Gasteiger partial charge in [0.25, 0.3) is 0 Å². The van der Waals surface area contributed by atoms with E-state index in [0.29, 0.717) is 5.02 Å². The Labute approximate surface area is 92.4 Å². The first kappa shape index (κ1) is 10.2. The number of aromatic nitrogens is 4. The Hall–Kier alpha value is -1.33.